The number of halogens is 1. The molecule has 7 heteroatoms. The van der Waals surface area contributed by atoms with Crippen molar-refractivity contribution in [3.63, 3.8) is 0 Å². The first kappa shape index (κ1) is 14.7. The number of nitrogens with zero attached hydrogens (tertiary/aromatic N) is 1. The Kier molecular flexibility index (Phi) is 4.14. The standard InChI is InChI=1S/C14H16BrN3O2S/c15-11-5-9-12(21-11)10(13(16)20)6-17-14(9)18-7-1-3-8(19)4-2-7/h5-8,19H,1-4H2,(H2,16,20)(H,17,18)/t7-,8-. The van der Waals surface area contributed by atoms with Crippen molar-refractivity contribution in [2.24, 2.45) is 5.73 Å². The van der Waals surface area contributed by atoms with E-state index in [9.17, 15) is 9.90 Å². The average molecular weight is 370 g/mol. The Hall–Kier alpha value is -1.18. The normalized spacial score (nSPS) is 22.4. The molecule has 3 rings (SSSR count). The van der Waals surface area contributed by atoms with Gasteiger partial charge in [-0.1, -0.05) is 0 Å². The Bertz CT molecular complexity index is 680. The SMILES string of the molecule is NC(=O)c1cnc(N[C@H]2CC[C@H](O)CC2)c2cc(Br)sc12. The Morgan fingerprint density at radius 2 is 2.14 bits per heavy atom. The van der Waals surface area contributed by atoms with E-state index in [4.69, 9.17) is 5.73 Å². The van der Waals surface area contributed by atoms with E-state index < -0.39 is 5.91 Å². The lowest BCUT2D eigenvalue weighted by Crippen LogP contribution is -2.28. The Balaban J connectivity index is 1.92. The van der Waals surface area contributed by atoms with Crippen molar-refractivity contribution in [3.8, 4) is 0 Å². The van der Waals surface area contributed by atoms with E-state index in [2.05, 4.69) is 26.2 Å². The number of aliphatic hydroxyl groups excluding tert-OH is 1. The molecule has 0 radical (unpaired) electrons. The molecule has 21 heavy (non-hydrogen) atoms. The van der Waals surface area contributed by atoms with Crippen LogP contribution in [-0.4, -0.2) is 28.1 Å². The predicted molar refractivity (Wildman–Crippen MR) is 87.7 cm³/mol. The van der Waals surface area contributed by atoms with E-state index >= 15 is 0 Å². The molecule has 2 heterocycles. The van der Waals surface area contributed by atoms with E-state index in [0.29, 0.717) is 11.6 Å². The summed E-state index contributed by atoms with van der Waals surface area (Å²) in [5, 5.41) is 13.9. The summed E-state index contributed by atoms with van der Waals surface area (Å²) in [5.41, 5.74) is 5.85. The molecule has 1 aliphatic carbocycles. The van der Waals surface area contributed by atoms with Gasteiger partial charge in [-0.2, -0.15) is 0 Å². The number of nitrogens with one attached hydrogen (secondary N) is 1. The maximum Gasteiger partial charge on any atom is 0.251 e. The quantitative estimate of drug-likeness (QED) is 0.775. The van der Waals surface area contributed by atoms with E-state index in [1.165, 1.54) is 17.5 Å². The van der Waals surface area contributed by atoms with E-state index in [1.54, 1.807) is 0 Å². The summed E-state index contributed by atoms with van der Waals surface area (Å²) in [6.07, 6.45) is 4.83. The number of fused-ring (bicyclic) bond motifs is 1. The minimum Gasteiger partial charge on any atom is -0.393 e. The number of thiophene rings is 1. The maximum absolute atomic E-state index is 11.5. The number of aliphatic hydroxyl groups is 1. The van der Waals surface area contributed by atoms with Crippen molar-refractivity contribution >= 4 is 49.1 Å². The summed E-state index contributed by atoms with van der Waals surface area (Å²) >= 11 is 4.93. The number of anilines is 1. The molecule has 1 saturated carbocycles. The number of pyridine rings is 1. The van der Waals surface area contributed by atoms with Crippen molar-refractivity contribution < 1.29 is 9.90 Å². The van der Waals surface area contributed by atoms with Crippen molar-refractivity contribution in [2.45, 2.75) is 37.8 Å². The molecule has 0 bridgehead atoms. The fraction of sp³-hybridized carbons (Fsp3) is 0.429. The predicted octanol–water partition coefficient (Wildman–Crippen LogP) is 2.87. The lowest BCUT2D eigenvalue weighted by atomic mass is 9.93. The van der Waals surface area contributed by atoms with Gasteiger partial charge in [0.2, 0.25) is 0 Å². The van der Waals surface area contributed by atoms with Gasteiger partial charge in [0.05, 0.1) is 20.2 Å². The molecule has 2 aromatic heterocycles. The van der Waals surface area contributed by atoms with Crippen LogP contribution in [0.4, 0.5) is 5.82 Å². The van der Waals surface area contributed by atoms with Crippen LogP contribution in [0, 0.1) is 0 Å². The summed E-state index contributed by atoms with van der Waals surface area (Å²) in [4.78, 5) is 15.9. The van der Waals surface area contributed by atoms with Crippen LogP contribution in [0.25, 0.3) is 10.1 Å². The zero-order chi connectivity index (χ0) is 15.0. The third-order valence-electron chi connectivity index (χ3n) is 3.83. The van der Waals surface area contributed by atoms with Crippen molar-refractivity contribution in [1.82, 2.24) is 4.98 Å². The monoisotopic (exact) mass is 369 g/mol. The van der Waals surface area contributed by atoms with Crippen LogP contribution < -0.4 is 11.1 Å². The minimum atomic E-state index is -0.464. The molecule has 5 nitrogen and oxygen atoms in total. The summed E-state index contributed by atoms with van der Waals surface area (Å²) < 4.78 is 1.79. The summed E-state index contributed by atoms with van der Waals surface area (Å²) in [6, 6.07) is 2.27. The number of carbonyl (C=O) groups excluding carboxylic acids is 1. The van der Waals surface area contributed by atoms with Gasteiger partial charge in [-0.05, 0) is 47.7 Å². The lowest BCUT2D eigenvalue weighted by Gasteiger charge is -2.26. The van der Waals surface area contributed by atoms with Gasteiger partial charge < -0.3 is 16.2 Å². The number of hydrogen-bond acceptors (Lipinski definition) is 5. The largest absolute Gasteiger partial charge is 0.393 e. The number of hydrogen-bond donors (Lipinski definition) is 3. The third kappa shape index (κ3) is 3.04. The van der Waals surface area contributed by atoms with Crippen LogP contribution in [0.2, 0.25) is 0 Å². The molecular weight excluding hydrogens is 354 g/mol. The van der Waals surface area contributed by atoms with Crippen LogP contribution in [0.5, 0.6) is 0 Å². The maximum atomic E-state index is 11.5. The Morgan fingerprint density at radius 3 is 2.81 bits per heavy atom. The van der Waals surface area contributed by atoms with Gasteiger partial charge in [0.1, 0.15) is 5.82 Å². The van der Waals surface area contributed by atoms with Crippen LogP contribution in [0.1, 0.15) is 36.0 Å². The smallest absolute Gasteiger partial charge is 0.251 e. The highest BCUT2D eigenvalue weighted by atomic mass is 79.9. The first-order chi connectivity index (χ1) is 10.0. The van der Waals surface area contributed by atoms with Gasteiger partial charge >= 0.3 is 0 Å². The lowest BCUT2D eigenvalue weighted by molar-refractivity contribution is 0.100. The fourth-order valence-corrected chi connectivity index (χ4v) is 4.31. The molecule has 0 aromatic carbocycles. The highest BCUT2D eigenvalue weighted by Gasteiger charge is 2.21. The highest BCUT2D eigenvalue weighted by molar-refractivity contribution is 9.11. The van der Waals surface area contributed by atoms with Crippen LogP contribution in [-0.2, 0) is 0 Å². The first-order valence-electron chi connectivity index (χ1n) is 6.87. The van der Waals surface area contributed by atoms with Gasteiger partial charge in [0.25, 0.3) is 5.91 Å². The fourth-order valence-electron chi connectivity index (χ4n) is 2.70. The number of rotatable bonds is 3. The van der Waals surface area contributed by atoms with Crippen molar-refractivity contribution in [1.29, 1.82) is 0 Å². The minimum absolute atomic E-state index is 0.177. The Labute approximate surface area is 134 Å². The number of amides is 1. The number of primary amides is 1. The van der Waals surface area contributed by atoms with E-state index in [-0.39, 0.29) is 6.10 Å². The van der Waals surface area contributed by atoms with Gasteiger partial charge in [-0.15, -0.1) is 11.3 Å². The zero-order valence-corrected chi connectivity index (χ0v) is 13.7. The summed E-state index contributed by atoms with van der Waals surface area (Å²) in [5.74, 6) is 0.313. The third-order valence-corrected chi connectivity index (χ3v) is 5.50. The van der Waals surface area contributed by atoms with Crippen LogP contribution in [0.15, 0.2) is 16.0 Å². The average Bonchev–Trinajstić information content (AvgIpc) is 2.83. The molecule has 2 aromatic rings. The number of aromatic nitrogens is 1. The molecular formula is C14H16BrN3O2S. The van der Waals surface area contributed by atoms with Gasteiger partial charge in [0, 0.05) is 17.6 Å². The van der Waals surface area contributed by atoms with Crippen molar-refractivity contribution in [3.05, 3.63) is 21.6 Å². The van der Waals surface area contributed by atoms with Gasteiger partial charge in [-0.3, -0.25) is 4.79 Å². The second-order valence-corrected chi connectivity index (χ2v) is 7.76. The Morgan fingerprint density at radius 1 is 1.43 bits per heavy atom. The van der Waals surface area contributed by atoms with Crippen molar-refractivity contribution in [2.75, 3.05) is 5.32 Å². The molecule has 0 spiro atoms. The molecule has 0 atom stereocenters. The second kappa shape index (κ2) is 5.90. The van der Waals surface area contributed by atoms with E-state index in [1.807, 2.05) is 6.07 Å². The molecule has 1 amide bonds. The first-order valence-corrected chi connectivity index (χ1v) is 8.48. The molecule has 1 fully saturated rings. The second-order valence-electron chi connectivity index (χ2n) is 5.33. The molecule has 1 aliphatic rings. The van der Waals surface area contributed by atoms with Crippen LogP contribution >= 0.6 is 27.3 Å². The molecule has 0 aliphatic heterocycles. The van der Waals surface area contributed by atoms with Gasteiger partial charge in [-0.25, -0.2) is 4.98 Å². The number of carbonyl (C=O) groups is 1. The summed E-state index contributed by atoms with van der Waals surface area (Å²) in [6.45, 7) is 0. The topological polar surface area (TPSA) is 88.2 Å². The van der Waals surface area contributed by atoms with E-state index in [0.717, 1.165) is 45.4 Å². The zero-order valence-electron chi connectivity index (χ0n) is 11.3. The molecule has 0 unspecified atom stereocenters. The highest BCUT2D eigenvalue weighted by Crippen LogP contribution is 2.36. The summed E-state index contributed by atoms with van der Waals surface area (Å²) in [7, 11) is 0. The van der Waals surface area contributed by atoms with Crippen LogP contribution in [0.3, 0.4) is 0 Å². The number of nitrogens with two attached hydrogens (primary N) is 1. The molecule has 0 saturated heterocycles. The van der Waals surface area contributed by atoms with Gasteiger partial charge in [0.15, 0.2) is 0 Å². The molecule has 4 N–H and O–H groups in total. The molecule has 112 valence electrons.